The van der Waals surface area contributed by atoms with Crippen LogP contribution in [0.3, 0.4) is 0 Å². The lowest BCUT2D eigenvalue weighted by Crippen LogP contribution is -2.32. The van der Waals surface area contributed by atoms with Crippen LogP contribution in [0.2, 0.25) is 0 Å². The van der Waals surface area contributed by atoms with Gasteiger partial charge in [0.1, 0.15) is 11.6 Å². The third-order valence-electron chi connectivity index (χ3n) is 6.61. The van der Waals surface area contributed by atoms with Crippen LogP contribution in [0.4, 0.5) is 24.7 Å². The first-order valence-corrected chi connectivity index (χ1v) is 11.7. The van der Waals surface area contributed by atoms with Crippen LogP contribution in [-0.4, -0.2) is 30.6 Å². The highest BCUT2D eigenvalue weighted by molar-refractivity contribution is 6.06. The molecular weight excluding hydrogens is 487 g/mol. The Kier molecular flexibility index (Phi) is 5.37. The molecule has 0 bridgehead atoms. The molecule has 0 unspecified atom stereocenters. The number of carbonyl (C=O) groups excluding carboxylic acids is 1. The van der Waals surface area contributed by atoms with Gasteiger partial charge in [0.25, 0.3) is 5.91 Å². The number of aryl methyl sites for hydroxylation is 1. The third kappa shape index (κ3) is 4.26. The molecule has 1 amide bonds. The van der Waals surface area contributed by atoms with E-state index in [0.717, 1.165) is 38.9 Å². The molecule has 1 saturated carbocycles. The van der Waals surface area contributed by atoms with Crippen LogP contribution < -0.4 is 10.6 Å². The summed E-state index contributed by atoms with van der Waals surface area (Å²) < 4.78 is 48.2. The van der Waals surface area contributed by atoms with Crippen molar-refractivity contribution in [2.75, 3.05) is 10.6 Å². The summed E-state index contributed by atoms with van der Waals surface area (Å²) in [4.78, 5) is 27.6. The molecule has 37 heavy (non-hydrogen) atoms. The molecule has 3 aromatic heterocycles. The number of rotatable bonds is 5. The number of amides is 1. The van der Waals surface area contributed by atoms with Crippen LogP contribution in [0.1, 0.15) is 57.3 Å². The van der Waals surface area contributed by atoms with Gasteiger partial charge < -0.3 is 15.4 Å². The van der Waals surface area contributed by atoms with Crippen LogP contribution in [0.15, 0.2) is 36.8 Å². The second kappa shape index (κ2) is 8.51. The fourth-order valence-corrected chi connectivity index (χ4v) is 4.60. The van der Waals surface area contributed by atoms with Crippen molar-refractivity contribution in [3.8, 4) is 0 Å². The molecule has 1 aliphatic carbocycles. The first-order valence-electron chi connectivity index (χ1n) is 11.7. The molecule has 1 fully saturated rings. The highest BCUT2D eigenvalue weighted by Gasteiger charge is 2.40. The van der Waals surface area contributed by atoms with Gasteiger partial charge in [-0.3, -0.25) is 9.48 Å². The predicted molar refractivity (Wildman–Crippen MR) is 127 cm³/mol. The van der Waals surface area contributed by atoms with Crippen LogP contribution in [0.25, 0.3) is 10.9 Å². The van der Waals surface area contributed by atoms with Crippen molar-refractivity contribution in [2.24, 2.45) is 7.05 Å². The smallest absolute Gasteiger partial charge is 0.383 e. The van der Waals surface area contributed by atoms with E-state index >= 15 is 0 Å². The quantitative estimate of drug-likeness (QED) is 0.431. The second-order valence-electron chi connectivity index (χ2n) is 9.33. The number of halogens is 3. The van der Waals surface area contributed by atoms with Crippen LogP contribution >= 0.6 is 0 Å². The number of nitrogen functional groups attached to an aromatic ring is 1. The van der Waals surface area contributed by atoms with E-state index < -0.39 is 17.8 Å². The second-order valence-corrected chi connectivity index (χ2v) is 9.33. The maximum Gasteiger partial charge on any atom is 0.437 e. The molecule has 2 N–H and O–H groups in total. The molecule has 6 rings (SSSR count). The number of anilines is 2. The minimum Gasteiger partial charge on any atom is -0.383 e. The minimum absolute atomic E-state index is 0.0829. The number of nitrogens with zero attached hydrogens (tertiary/aromatic N) is 6. The molecule has 4 aromatic rings. The first kappa shape index (κ1) is 23.3. The molecule has 1 aliphatic heterocycles. The Hall–Kier alpha value is -4.06. The van der Waals surface area contributed by atoms with E-state index in [1.807, 2.05) is 6.07 Å². The first-order chi connectivity index (χ1) is 17.7. The average molecular weight is 509 g/mol. The average Bonchev–Trinajstić information content (AvgIpc) is 3.45. The number of hydrogen-bond acceptors (Lipinski definition) is 7. The zero-order valence-corrected chi connectivity index (χ0v) is 19.8. The predicted octanol–water partition coefficient (Wildman–Crippen LogP) is 4.11. The molecule has 0 saturated heterocycles. The molecule has 0 radical (unpaired) electrons. The van der Waals surface area contributed by atoms with Gasteiger partial charge in [-0.15, -0.1) is 0 Å². The number of benzene rings is 1. The van der Waals surface area contributed by atoms with E-state index in [2.05, 4.69) is 20.1 Å². The number of pyridine rings is 1. The lowest BCUT2D eigenvalue weighted by atomic mass is 10.0. The van der Waals surface area contributed by atoms with Crippen molar-refractivity contribution in [3.05, 3.63) is 70.6 Å². The summed E-state index contributed by atoms with van der Waals surface area (Å²) in [5.74, 6) is 0.593. The van der Waals surface area contributed by atoms with Gasteiger partial charge in [-0.1, -0.05) is 12.1 Å². The Morgan fingerprint density at radius 2 is 1.92 bits per heavy atom. The molecule has 1 aromatic carbocycles. The fraction of sp³-hybridized carbons (Fsp3) is 0.320. The van der Waals surface area contributed by atoms with Gasteiger partial charge in [-0.2, -0.15) is 18.3 Å². The number of hydrogen-bond donors (Lipinski definition) is 1. The van der Waals surface area contributed by atoms with Crippen molar-refractivity contribution < 1.29 is 22.7 Å². The highest BCUT2D eigenvalue weighted by Crippen LogP contribution is 2.39. The Bertz CT molecular complexity index is 1530. The largest absolute Gasteiger partial charge is 0.437 e. The number of nitrogens with two attached hydrogens (primary N) is 1. The van der Waals surface area contributed by atoms with E-state index in [9.17, 15) is 18.0 Å². The standard InChI is InChI=1S/C25H22F3N7O2/c1-34-10-20(21(33-34)25(26,27)28)35(24(36)15-7-30-23(31-8-15)14-3-4-14)9-13-2-5-16-17-11-37-12-18(17)22(29)32-19(16)6-13/h2,5-8,10,14H,3-4,9,11-12H2,1H3,(H2,29,32). The van der Waals surface area contributed by atoms with Crippen LogP contribution in [0.5, 0.6) is 0 Å². The zero-order chi connectivity index (χ0) is 25.9. The summed E-state index contributed by atoms with van der Waals surface area (Å²) in [7, 11) is 1.38. The van der Waals surface area contributed by atoms with Crippen LogP contribution in [0, 0.1) is 0 Å². The lowest BCUT2D eigenvalue weighted by Gasteiger charge is -2.23. The maximum atomic E-state index is 13.9. The van der Waals surface area contributed by atoms with Gasteiger partial charge >= 0.3 is 6.18 Å². The number of alkyl halides is 3. The molecule has 190 valence electrons. The van der Waals surface area contributed by atoms with Gasteiger partial charge in [0.15, 0.2) is 5.69 Å². The van der Waals surface area contributed by atoms with Crippen molar-refractivity contribution in [3.63, 3.8) is 0 Å². The summed E-state index contributed by atoms with van der Waals surface area (Å²) in [5, 5.41) is 4.44. The number of ether oxygens (including phenoxy) is 1. The van der Waals surface area contributed by atoms with E-state index in [4.69, 9.17) is 10.5 Å². The number of aromatic nitrogens is 5. The molecular formula is C25H22F3N7O2. The lowest BCUT2D eigenvalue weighted by molar-refractivity contribution is -0.140. The SMILES string of the molecule is Cn1cc(N(Cc2ccc3c4c(c(N)nc3c2)COC4)C(=O)c2cnc(C3CC3)nc2)c(C(F)(F)F)n1. The molecule has 0 atom stereocenters. The molecule has 2 aliphatic rings. The van der Waals surface area contributed by atoms with Gasteiger partial charge in [0.05, 0.1) is 36.5 Å². The van der Waals surface area contributed by atoms with Crippen molar-refractivity contribution in [2.45, 2.75) is 44.7 Å². The number of fused-ring (bicyclic) bond motifs is 3. The summed E-state index contributed by atoms with van der Waals surface area (Å²) in [5.41, 5.74) is 7.61. The van der Waals surface area contributed by atoms with Crippen LogP contribution in [-0.2, 0) is 37.7 Å². The minimum atomic E-state index is -4.76. The van der Waals surface area contributed by atoms with Gasteiger partial charge in [-0.25, -0.2) is 15.0 Å². The Labute approximate surface area is 209 Å². The highest BCUT2D eigenvalue weighted by atomic mass is 19.4. The Morgan fingerprint density at radius 1 is 1.19 bits per heavy atom. The molecule has 4 heterocycles. The summed E-state index contributed by atoms with van der Waals surface area (Å²) in [6, 6.07) is 5.31. The Morgan fingerprint density at radius 3 is 2.62 bits per heavy atom. The van der Waals surface area contributed by atoms with Crippen molar-refractivity contribution >= 4 is 28.3 Å². The van der Waals surface area contributed by atoms with Gasteiger partial charge in [-0.05, 0) is 30.0 Å². The maximum absolute atomic E-state index is 13.9. The van der Waals surface area contributed by atoms with E-state index in [1.54, 1.807) is 12.1 Å². The van der Waals surface area contributed by atoms with E-state index in [-0.39, 0.29) is 23.7 Å². The summed E-state index contributed by atoms with van der Waals surface area (Å²) >= 11 is 0. The number of carbonyl (C=O) groups is 1. The Balaban J connectivity index is 1.41. The van der Waals surface area contributed by atoms with E-state index in [0.29, 0.717) is 35.9 Å². The topological polar surface area (TPSA) is 112 Å². The summed E-state index contributed by atoms with van der Waals surface area (Å²) in [6.07, 6.45) is 1.12. The van der Waals surface area contributed by atoms with E-state index in [1.165, 1.54) is 25.6 Å². The molecule has 0 spiro atoms. The zero-order valence-electron chi connectivity index (χ0n) is 19.8. The monoisotopic (exact) mass is 509 g/mol. The van der Waals surface area contributed by atoms with Crippen molar-refractivity contribution in [1.82, 2.24) is 24.7 Å². The third-order valence-corrected chi connectivity index (χ3v) is 6.61. The summed E-state index contributed by atoms with van der Waals surface area (Å²) in [6.45, 7) is 0.629. The fourth-order valence-electron chi connectivity index (χ4n) is 4.60. The molecule has 12 heteroatoms. The normalized spacial score (nSPS) is 15.2. The van der Waals surface area contributed by atoms with Crippen molar-refractivity contribution in [1.29, 1.82) is 0 Å². The molecule has 9 nitrogen and oxygen atoms in total. The van der Waals surface area contributed by atoms with Gasteiger partial charge in [0, 0.05) is 42.5 Å². The van der Waals surface area contributed by atoms with Gasteiger partial charge in [0.2, 0.25) is 0 Å².